The monoisotopic (exact) mass is 320 g/mol. The van der Waals surface area contributed by atoms with E-state index in [0.717, 1.165) is 21.9 Å². The van der Waals surface area contributed by atoms with E-state index in [-0.39, 0.29) is 5.75 Å². The van der Waals surface area contributed by atoms with Gasteiger partial charge in [0.15, 0.2) is 0 Å². The van der Waals surface area contributed by atoms with Gasteiger partial charge in [0.2, 0.25) is 0 Å². The summed E-state index contributed by atoms with van der Waals surface area (Å²) in [7, 11) is 0. The number of rotatable bonds is 4. The zero-order valence-electron chi connectivity index (χ0n) is 12.1. The van der Waals surface area contributed by atoms with Crippen molar-refractivity contribution in [1.82, 2.24) is 4.98 Å². The van der Waals surface area contributed by atoms with Crippen molar-refractivity contribution in [2.45, 2.75) is 5.03 Å². The van der Waals surface area contributed by atoms with Gasteiger partial charge in [0.1, 0.15) is 5.03 Å². The Morgan fingerprint density at radius 3 is 2.61 bits per heavy atom. The molecule has 0 aliphatic rings. The Hall–Kier alpha value is -2.84. The lowest BCUT2D eigenvalue weighted by molar-refractivity contribution is -0.133. The largest absolute Gasteiger partial charge is 0.481 e. The lowest BCUT2D eigenvalue weighted by atomic mass is 9.96. The van der Waals surface area contributed by atoms with Crippen LogP contribution in [0.5, 0.6) is 0 Å². The van der Waals surface area contributed by atoms with E-state index in [4.69, 9.17) is 5.11 Å². The summed E-state index contributed by atoms with van der Waals surface area (Å²) in [6, 6.07) is 17.3. The van der Waals surface area contributed by atoms with Crippen LogP contribution in [0, 0.1) is 11.3 Å². The molecule has 2 aromatic carbocycles. The second kappa shape index (κ2) is 6.51. The quantitative estimate of drug-likeness (QED) is 0.737. The molecule has 0 amide bonds. The minimum atomic E-state index is -0.878. The summed E-state index contributed by atoms with van der Waals surface area (Å²) in [6.07, 6.45) is 1.65. The molecular formula is C18H12N2O2S. The summed E-state index contributed by atoms with van der Waals surface area (Å²) < 4.78 is 0. The maximum atomic E-state index is 10.8. The van der Waals surface area contributed by atoms with E-state index in [1.807, 2.05) is 42.5 Å². The lowest BCUT2D eigenvalue weighted by Gasteiger charge is -2.11. The highest BCUT2D eigenvalue weighted by Gasteiger charge is 2.12. The fourth-order valence-corrected chi connectivity index (χ4v) is 3.20. The number of carboxylic acids is 1. The summed E-state index contributed by atoms with van der Waals surface area (Å²) in [5.74, 6) is -0.922. The van der Waals surface area contributed by atoms with E-state index in [1.165, 1.54) is 11.8 Å². The summed E-state index contributed by atoms with van der Waals surface area (Å²) in [5.41, 5.74) is 2.44. The minimum Gasteiger partial charge on any atom is -0.481 e. The fourth-order valence-electron chi connectivity index (χ4n) is 2.47. The first-order valence-electron chi connectivity index (χ1n) is 6.92. The highest BCUT2D eigenvalue weighted by molar-refractivity contribution is 8.00. The molecule has 0 unspecified atom stereocenters. The van der Waals surface area contributed by atoms with Gasteiger partial charge in [0.05, 0.1) is 17.4 Å². The molecule has 1 N–H and O–H groups in total. The van der Waals surface area contributed by atoms with Crippen molar-refractivity contribution in [3.63, 3.8) is 0 Å². The number of hydrogen-bond donors (Lipinski definition) is 1. The van der Waals surface area contributed by atoms with Gasteiger partial charge in [-0.15, -0.1) is 0 Å². The van der Waals surface area contributed by atoms with Crippen LogP contribution in [0.15, 0.2) is 59.8 Å². The van der Waals surface area contributed by atoms with Gasteiger partial charge < -0.3 is 5.11 Å². The summed E-state index contributed by atoms with van der Waals surface area (Å²) in [5, 5.41) is 20.7. The number of nitrogens with zero attached hydrogens (tertiary/aromatic N) is 2. The van der Waals surface area contributed by atoms with Gasteiger partial charge in [0, 0.05) is 17.1 Å². The molecule has 0 aliphatic carbocycles. The molecular weight excluding hydrogens is 308 g/mol. The first-order chi connectivity index (χ1) is 11.2. The van der Waals surface area contributed by atoms with Crippen LogP contribution in [-0.4, -0.2) is 21.8 Å². The first-order valence-corrected chi connectivity index (χ1v) is 7.91. The second-order valence-corrected chi connectivity index (χ2v) is 5.82. The van der Waals surface area contributed by atoms with E-state index in [1.54, 1.807) is 12.3 Å². The van der Waals surface area contributed by atoms with Gasteiger partial charge >= 0.3 is 5.97 Å². The van der Waals surface area contributed by atoms with E-state index >= 15 is 0 Å². The number of carbonyl (C=O) groups is 1. The van der Waals surface area contributed by atoms with Gasteiger partial charge in [-0.1, -0.05) is 48.2 Å². The topological polar surface area (TPSA) is 74.0 Å². The van der Waals surface area contributed by atoms with Crippen molar-refractivity contribution in [3.05, 3.63) is 60.3 Å². The van der Waals surface area contributed by atoms with Crippen LogP contribution in [0.2, 0.25) is 0 Å². The van der Waals surface area contributed by atoms with Gasteiger partial charge in [-0.05, 0) is 23.1 Å². The molecule has 0 saturated carbocycles. The maximum Gasteiger partial charge on any atom is 0.313 e. The van der Waals surface area contributed by atoms with Crippen molar-refractivity contribution in [2.75, 3.05) is 5.75 Å². The van der Waals surface area contributed by atoms with Crippen molar-refractivity contribution in [3.8, 4) is 17.2 Å². The van der Waals surface area contributed by atoms with Gasteiger partial charge in [-0.3, -0.25) is 4.79 Å². The minimum absolute atomic E-state index is 0.0434. The Kier molecular flexibility index (Phi) is 4.26. The molecule has 0 aliphatic heterocycles. The van der Waals surface area contributed by atoms with Gasteiger partial charge in [-0.2, -0.15) is 5.26 Å². The number of carboxylic acid groups (broad SMARTS) is 1. The predicted molar refractivity (Wildman–Crippen MR) is 90.3 cm³/mol. The molecule has 3 rings (SSSR count). The van der Waals surface area contributed by atoms with Gasteiger partial charge in [-0.25, -0.2) is 4.98 Å². The second-order valence-electron chi connectivity index (χ2n) is 4.86. The summed E-state index contributed by atoms with van der Waals surface area (Å²) in [4.78, 5) is 15.1. The number of fused-ring (bicyclic) bond motifs is 1. The number of aliphatic carboxylic acids is 1. The molecule has 1 heterocycles. The highest BCUT2D eigenvalue weighted by Crippen LogP contribution is 2.35. The predicted octanol–water partition coefficient (Wildman–Crippen LogP) is 3.95. The number of benzene rings is 2. The molecule has 0 fully saturated rings. The number of thioether (sulfide) groups is 1. The molecule has 0 saturated heterocycles. The summed E-state index contributed by atoms with van der Waals surface area (Å²) in [6.45, 7) is 0. The van der Waals surface area contributed by atoms with Crippen molar-refractivity contribution in [1.29, 1.82) is 5.26 Å². The van der Waals surface area contributed by atoms with Crippen LogP contribution < -0.4 is 0 Å². The fraction of sp³-hybridized carbons (Fsp3) is 0.0556. The molecule has 0 bridgehead atoms. The zero-order chi connectivity index (χ0) is 16.2. The number of pyridine rings is 1. The van der Waals surface area contributed by atoms with Crippen LogP contribution in [0.4, 0.5) is 0 Å². The van der Waals surface area contributed by atoms with E-state index < -0.39 is 5.97 Å². The summed E-state index contributed by atoms with van der Waals surface area (Å²) >= 11 is 1.19. The number of hydrogen-bond acceptors (Lipinski definition) is 4. The maximum absolute atomic E-state index is 10.8. The average molecular weight is 320 g/mol. The van der Waals surface area contributed by atoms with Crippen molar-refractivity contribution in [2.24, 2.45) is 0 Å². The van der Waals surface area contributed by atoms with Gasteiger partial charge in [0.25, 0.3) is 0 Å². The Balaban J connectivity index is 2.19. The van der Waals surface area contributed by atoms with Crippen molar-refractivity contribution < 1.29 is 9.90 Å². The number of nitriles is 1. The van der Waals surface area contributed by atoms with Crippen LogP contribution >= 0.6 is 11.8 Å². The Labute approximate surface area is 137 Å². The third-order valence-corrected chi connectivity index (χ3v) is 4.43. The Morgan fingerprint density at radius 2 is 1.87 bits per heavy atom. The standard InChI is InChI=1S/C18H12N2O2S/c19-10-12-7-8-15(14-5-2-1-4-13(12)14)16-6-3-9-20-18(16)23-11-17(21)22/h1-9H,11H2,(H,21,22). The molecule has 0 spiro atoms. The molecule has 5 heteroatoms. The number of aromatic nitrogens is 1. The lowest BCUT2D eigenvalue weighted by Crippen LogP contribution is -1.99. The first kappa shape index (κ1) is 15.1. The van der Waals surface area contributed by atoms with E-state index in [2.05, 4.69) is 11.1 Å². The smallest absolute Gasteiger partial charge is 0.313 e. The SMILES string of the molecule is N#Cc1ccc(-c2cccnc2SCC(=O)O)c2ccccc12. The Morgan fingerprint density at radius 1 is 1.09 bits per heavy atom. The molecule has 112 valence electrons. The normalized spacial score (nSPS) is 10.4. The van der Waals surface area contributed by atoms with Crippen LogP contribution in [-0.2, 0) is 4.79 Å². The van der Waals surface area contributed by atoms with Crippen molar-refractivity contribution >= 4 is 28.5 Å². The van der Waals surface area contributed by atoms with E-state index in [0.29, 0.717) is 10.6 Å². The molecule has 0 atom stereocenters. The molecule has 23 heavy (non-hydrogen) atoms. The van der Waals surface area contributed by atoms with Crippen LogP contribution in [0.25, 0.3) is 21.9 Å². The molecule has 3 aromatic rings. The third-order valence-electron chi connectivity index (χ3n) is 3.44. The van der Waals surface area contributed by atoms with E-state index in [9.17, 15) is 10.1 Å². The van der Waals surface area contributed by atoms with Crippen LogP contribution in [0.3, 0.4) is 0 Å². The third kappa shape index (κ3) is 3.03. The average Bonchev–Trinajstić information content (AvgIpc) is 2.59. The Bertz CT molecular complexity index is 932. The zero-order valence-corrected chi connectivity index (χ0v) is 12.9. The molecule has 1 aromatic heterocycles. The molecule has 4 nitrogen and oxygen atoms in total. The highest BCUT2D eigenvalue weighted by atomic mass is 32.2. The van der Waals surface area contributed by atoms with Crippen LogP contribution in [0.1, 0.15) is 5.56 Å². The molecule has 0 radical (unpaired) electrons.